The van der Waals surface area contributed by atoms with Gasteiger partial charge < -0.3 is 14.8 Å². The first-order valence-electron chi connectivity index (χ1n) is 6.86. The number of nitrogens with zero attached hydrogens (tertiary/aromatic N) is 2. The van der Waals surface area contributed by atoms with Crippen LogP contribution in [0.25, 0.3) is 0 Å². The van der Waals surface area contributed by atoms with Gasteiger partial charge in [0.2, 0.25) is 5.13 Å². The number of ether oxygens (including phenoxy) is 2. The van der Waals surface area contributed by atoms with Gasteiger partial charge in [-0.15, -0.1) is 0 Å². The number of carbonyl (C=O) groups is 1. The molecule has 124 valence electrons. The molecular weight excluding hydrogens is 323 g/mol. The van der Waals surface area contributed by atoms with Gasteiger partial charge in [0.1, 0.15) is 12.4 Å². The molecule has 0 radical (unpaired) electrons. The molecule has 2 amide bonds. The van der Waals surface area contributed by atoms with Crippen LogP contribution in [0.4, 0.5) is 14.3 Å². The van der Waals surface area contributed by atoms with Crippen LogP contribution in [0.5, 0.6) is 0 Å². The number of halogens is 1. The number of carbonyl (C=O) groups excluding carboxylic acids is 1. The zero-order valence-electron chi connectivity index (χ0n) is 12.5. The fourth-order valence-electron chi connectivity index (χ4n) is 1.64. The standard InChI is InChI=1S/C14H17FN4O3S/c1-21-5-6-22-9-12-17-14(23-19-12)18-13(20)16-8-10-3-2-4-11(15)7-10/h2-4,7H,5-6,8-9H2,1H3,(H2,16,17,18,19,20). The molecule has 2 aromatic rings. The van der Waals surface area contributed by atoms with Crippen LogP contribution in [-0.4, -0.2) is 35.7 Å². The monoisotopic (exact) mass is 340 g/mol. The summed E-state index contributed by atoms with van der Waals surface area (Å²) in [6.45, 7) is 1.42. The lowest BCUT2D eigenvalue weighted by Crippen LogP contribution is -2.28. The maximum Gasteiger partial charge on any atom is 0.321 e. The van der Waals surface area contributed by atoms with E-state index in [-0.39, 0.29) is 19.0 Å². The SMILES string of the molecule is COCCOCc1nsc(NC(=O)NCc2cccc(F)c2)n1. The molecule has 9 heteroatoms. The predicted octanol–water partition coefficient (Wildman–Crippen LogP) is 2.16. The Morgan fingerprint density at radius 3 is 3.04 bits per heavy atom. The van der Waals surface area contributed by atoms with E-state index in [9.17, 15) is 9.18 Å². The fourth-order valence-corrected chi connectivity index (χ4v) is 2.21. The number of methoxy groups -OCH3 is 1. The molecule has 0 bridgehead atoms. The lowest BCUT2D eigenvalue weighted by Gasteiger charge is -2.05. The molecule has 1 heterocycles. The second kappa shape index (κ2) is 9.13. The summed E-state index contributed by atoms with van der Waals surface area (Å²) in [6.07, 6.45) is 0. The minimum absolute atomic E-state index is 0.218. The minimum atomic E-state index is -0.433. The summed E-state index contributed by atoms with van der Waals surface area (Å²) in [6, 6.07) is 5.59. The Morgan fingerprint density at radius 2 is 2.26 bits per heavy atom. The molecule has 0 saturated carbocycles. The van der Waals surface area contributed by atoms with Gasteiger partial charge in [-0.3, -0.25) is 5.32 Å². The Bertz CT molecular complexity index is 638. The number of anilines is 1. The molecule has 2 N–H and O–H groups in total. The largest absolute Gasteiger partial charge is 0.382 e. The molecule has 1 aromatic heterocycles. The van der Waals surface area contributed by atoms with Crippen LogP contribution in [0.1, 0.15) is 11.4 Å². The van der Waals surface area contributed by atoms with Gasteiger partial charge in [-0.2, -0.15) is 4.37 Å². The number of rotatable bonds is 8. The van der Waals surface area contributed by atoms with Crippen LogP contribution in [0.2, 0.25) is 0 Å². The number of amides is 2. The highest BCUT2D eigenvalue weighted by Gasteiger charge is 2.08. The maximum absolute atomic E-state index is 13.0. The highest BCUT2D eigenvalue weighted by atomic mass is 32.1. The van der Waals surface area contributed by atoms with Gasteiger partial charge in [0.15, 0.2) is 5.82 Å². The zero-order valence-corrected chi connectivity index (χ0v) is 13.4. The average molecular weight is 340 g/mol. The van der Waals surface area contributed by atoms with Crippen LogP contribution in [-0.2, 0) is 22.6 Å². The van der Waals surface area contributed by atoms with Crippen molar-refractivity contribution in [3.63, 3.8) is 0 Å². The molecule has 2 rings (SSSR count). The van der Waals surface area contributed by atoms with Gasteiger partial charge in [-0.1, -0.05) is 12.1 Å². The van der Waals surface area contributed by atoms with Crippen LogP contribution in [0.3, 0.4) is 0 Å². The molecule has 7 nitrogen and oxygen atoms in total. The van der Waals surface area contributed by atoms with Crippen molar-refractivity contribution in [2.24, 2.45) is 0 Å². The van der Waals surface area contributed by atoms with Crippen molar-refractivity contribution in [1.82, 2.24) is 14.7 Å². The Labute approximate surface area is 137 Å². The third-order valence-electron chi connectivity index (χ3n) is 2.69. The lowest BCUT2D eigenvalue weighted by molar-refractivity contribution is 0.0590. The van der Waals surface area contributed by atoms with Crippen molar-refractivity contribution in [3.8, 4) is 0 Å². The molecule has 0 aliphatic heterocycles. The fraction of sp³-hybridized carbons (Fsp3) is 0.357. The lowest BCUT2D eigenvalue weighted by atomic mass is 10.2. The summed E-state index contributed by atoms with van der Waals surface area (Å²) >= 11 is 1.06. The molecule has 23 heavy (non-hydrogen) atoms. The Balaban J connectivity index is 1.73. The van der Waals surface area contributed by atoms with Crippen molar-refractivity contribution in [1.29, 1.82) is 0 Å². The summed E-state index contributed by atoms with van der Waals surface area (Å²) < 4.78 is 27.2. The van der Waals surface area contributed by atoms with E-state index in [1.807, 2.05) is 0 Å². The quantitative estimate of drug-likeness (QED) is 0.719. The molecule has 1 aromatic carbocycles. The van der Waals surface area contributed by atoms with Crippen molar-refractivity contribution in [2.45, 2.75) is 13.2 Å². The molecule has 0 saturated heterocycles. The van der Waals surface area contributed by atoms with E-state index in [1.165, 1.54) is 12.1 Å². The molecular formula is C14H17FN4O3S. The van der Waals surface area contributed by atoms with Crippen molar-refractivity contribution >= 4 is 22.7 Å². The topological polar surface area (TPSA) is 85.4 Å². The summed E-state index contributed by atoms with van der Waals surface area (Å²) in [5.41, 5.74) is 0.671. The van der Waals surface area contributed by atoms with Gasteiger partial charge >= 0.3 is 6.03 Å². The Morgan fingerprint density at radius 1 is 1.39 bits per heavy atom. The van der Waals surface area contributed by atoms with Crippen molar-refractivity contribution in [2.75, 3.05) is 25.6 Å². The van der Waals surface area contributed by atoms with Crippen LogP contribution in [0.15, 0.2) is 24.3 Å². The summed E-state index contributed by atoms with van der Waals surface area (Å²) in [4.78, 5) is 15.9. The van der Waals surface area contributed by atoms with Crippen LogP contribution < -0.4 is 10.6 Å². The molecule has 0 fully saturated rings. The van der Waals surface area contributed by atoms with Gasteiger partial charge in [-0.25, -0.2) is 14.2 Å². The number of hydrogen-bond acceptors (Lipinski definition) is 6. The van der Waals surface area contributed by atoms with E-state index in [0.29, 0.717) is 29.7 Å². The first kappa shape index (κ1) is 17.3. The van der Waals surface area contributed by atoms with E-state index in [1.54, 1.807) is 19.2 Å². The maximum atomic E-state index is 13.0. The van der Waals surface area contributed by atoms with Crippen LogP contribution in [0, 0.1) is 5.82 Å². The number of aromatic nitrogens is 2. The normalized spacial score (nSPS) is 10.5. The molecule has 0 aliphatic rings. The third kappa shape index (κ3) is 6.27. The highest BCUT2D eigenvalue weighted by molar-refractivity contribution is 7.09. The second-order valence-corrected chi connectivity index (χ2v) is 5.25. The van der Waals surface area contributed by atoms with Crippen molar-refractivity contribution in [3.05, 3.63) is 41.5 Å². The van der Waals surface area contributed by atoms with Crippen LogP contribution >= 0.6 is 11.5 Å². The van der Waals surface area contributed by atoms with Gasteiger partial charge in [0.25, 0.3) is 0 Å². The smallest absolute Gasteiger partial charge is 0.321 e. The number of benzene rings is 1. The number of urea groups is 1. The van der Waals surface area contributed by atoms with E-state index < -0.39 is 6.03 Å². The van der Waals surface area contributed by atoms with Gasteiger partial charge in [0, 0.05) is 25.2 Å². The molecule has 0 unspecified atom stereocenters. The molecule has 0 atom stereocenters. The Kier molecular flexibility index (Phi) is 6.85. The third-order valence-corrected chi connectivity index (χ3v) is 3.36. The van der Waals surface area contributed by atoms with Crippen molar-refractivity contribution < 1.29 is 18.7 Å². The van der Waals surface area contributed by atoms with E-state index in [0.717, 1.165) is 11.5 Å². The zero-order chi connectivity index (χ0) is 16.5. The highest BCUT2D eigenvalue weighted by Crippen LogP contribution is 2.11. The molecule has 0 aliphatic carbocycles. The molecule has 0 spiro atoms. The van der Waals surface area contributed by atoms with E-state index in [2.05, 4.69) is 20.0 Å². The summed E-state index contributed by atoms with van der Waals surface area (Å²) in [5.74, 6) is 0.151. The Hall–Kier alpha value is -2.10. The first-order chi connectivity index (χ1) is 11.2. The minimum Gasteiger partial charge on any atom is -0.382 e. The van der Waals surface area contributed by atoms with E-state index >= 15 is 0 Å². The number of hydrogen-bond donors (Lipinski definition) is 2. The van der Waals surface area contributed by atoms with Gasteiger partial charge in [0.05, 0.1) is 13.2 Å². The van der Waals surface area contributed by atoms with Gasteiger partial charge in [-0.05, 0) is 17.7 Å². The van der Waals surface area contributed by atoms with E-state index in [4.69, 9.17) is 9.47 Å². The summed E-state index contributed by atoms with van der Waals surface area (Å²) in [7, 11) is 1.59. The number of nitrogens with one attached hydrogen (secondary N) is 2. The summed E-state index contributed by atoms with van der Waals surface area (Å²) in [5, 5.41) is 5.56. The average Bonchev–Trinajstić information content (AvgIpc) is 2.97. The first-order valence-corrected chi connectivity index (χ1v) is 7.63. The second-order valence-electron chi connectivity index (χ2n) is 4.50. The predicted molar refractivity (Wildman–Crippen MR) is 83.7 cm³/mol.